The fraction of sp³-hybridized carbons (Fsp3) is 0.300. The zero-order valence-corrected chi connectivity index (χ0v) is 8.85. The lowest BCUT2D eigenvalue weighted by atomic mass is 9.98. The van der Waals surface area contributed by atoms with Crippen LogP contribution < -0.4 is 5.73 Å². The molecule has 88 valence electrons. The summed E-state index contributed by atoms with van der Waals surface area (Å²) in [5.41, 5.74) is 14.4. The molecule has 2 unspecified atom stereocenters. The molecule has 0 aliphatic rings. The molecule has 0 radical (unpaired) electrons. The van der Waals surface area contributed by atoms with E-state index in [0.717, 1.165) is 0 Å². The zero-order chi connectivity index (χ0) is 12.8. The quantitative estimate of drug-likeness (QED) is 0.307. The molecule has 0 saturated heterocycles. The van der Waals surface area contributed by atoms with Gasteiger partial charge in [0.1, 0.15) is 6.10 Å². The number of hydrogen-bond acceptors (Lipinski definition) is 5. The predicted octanol–water partition coefficient (Wildman–Crippen LogP) is 0.845. The van der Waals surface area contributed by atoms with Crippen molar-refractivity contribution in [3.63, 3.8) is 0 Å². The number of azide groups is 1. The third-order valence-electron chi connectivity index (χ3n) is 2.21. The number of hydrogen-bond donors (Lipinski definition) is 3. The van der Waals surface area contributed by atoms with Crippen molar-refractivity contribution in [1.82, 2.24) is 0 Å². The first kappa shape index (κ1) is 12.8. The Kier molecular flexibility index (Phi) is 4.31. The molecular weight excluding hydrogens is 222 g/mol. The highest BCUT2D eigenvalue weighted by atomic mass is 16.3. The Hall–Kier alpha value is -2.26. The summed E-state index contributed by atoms with van der Waals surface area (Å²) < 4.78 is 0. The van der Waals surface area contributed by atoms with Gasteiger partial charge in [-0.25, -0.2) is 0 Å². The molecular formula is C10H11N5O2. The van der Waals surface area contributed by atoms with E-state index in [1.807, 2.05) is 6.07 Å². The summed E-state index contributed by atoms with van der Waals surface area (Å²) in [4.78, 5) is 2.48. The number of nitrogen functional groups attached to an aromatic ring is 1. The zero-order valence-electron chi connectivity index (χ0n) is 8.85. The van der Waals surface area contributed by atoms with E-state index in [-0.39, 0.29) is 17.7 Å². The number of anilines is 1. The molecule has 0 aliphatic carbocycles. The average molecular weight is 233 g/mol. The number of nitrogens with zero attached hydrogens (tertiary/aromatic N) is 4. The highest BCUT2D eigenvalue weighted by Gasteiger charge is 2.20. The molecule has 7 heteroatoms. The minimum atomic E-state index is -1.32. The maximum absolute atomic E-state index is 9.81. The Morgan fingerprint density at radius 2 is 2.24 bits per heavy atom. The van der Waals surface area contributed by atoms with Crippen molar-refractivity contribution < 1.29 is 10.2 Å². The fourth-order valence-electron chi connectivity index (χ4n) is 1.36. The largest absolute Gasteiger partial charge is 0.399 e. The molecule has 0 aliphatic heterocycles. The van der Waals surface area contributed by atoms with E-state index in [9.17, 15) is 10.2 Å². The van der Waals surface area contributed by atoms with E-state index in [0.29, 0.717) is 5.69 Å². The van der Waals surface area contributed by atoms with Gasteiger partial charge in [0, 0.05) is 16.2 Å². The lowest BCUT2D eigenvalue weighted by Gasteiger charge is -2.17. The normalized spacial score (nSPS) is 13.2. The third kappa shape index (κ3) is 3.09. The Morgan fingerprint density at radius 1 is 1.53 bits per heavy atom. The Morgan fingerprint density at radius 3 is 2.82 bits per heavy atom. The first-order valence-corrected chi connectivity index (χ1v) is 4.76. The summed E-state index contributed by atoms with van der Waals surface area (Å²) in [6, 6.07) is 6.26. The van der Waals surface area contributed by atoms with Gasteiger partial charge in [-0.2, -0.15) is 5.26 Å². The molecule has 2 atom stereocenters. The van der Waals surface area contributed by atoms with Gasteiger partial charge in [-0.05, 0) is 23.7 Å². The first-order valence-electron chi connectivity index (χ1n) is 4.76. The van der Waals surface area contributed by atoms with Crippen molar-refractivity contribution >= 4 is 5.69 Å². The van der Waals surface area contributed by atoms with Gasteiger partial charge >= 0.3 is 0 Å². The molecule has 4 N–H and O–H groups in total. The van der Waals surface area contributed by atoms with Crippen molar-refractivity contribution in [3.8, 4) is 6.07 Å². The lowest BCUT2D eigenvalue weighted by molar-refractivity contribution is 0.0243. The average Bonchev–Trinajstić information content (AvgIpc) is 2.34. The summed E-state index contributed by atoms with van der Waals surface area (Å²) in [5, 5.41) is 31.4. The van der Waals surface area contributed by atoms with E-state index in [1.165, 1.54) is 18.2 Å². The Labute approximate surface area is 97.3 Å². The maximum atomic E-state index is 9.81. The van der Waals surface area contributed by atoms with E-state index < -0.39 is 12.2 Å². The summed E-state index contributed by atoms with van der Waals surface area (Å²) >= 11 is 0. The van der Waals surface area contributed by atoms with Crippen LogP contribution in [0.5, 0.6) is 0 Å². The van der Waals surface area contributed by atoms with Gasteiger partial charge in [0.2, 0.25) is 0 Å². The summed E-state index contributed by atoms with van der Waals surface area (Å²) in [6.07, 6.45) is -2.60. The highest BCUT2D eigenvalue weighted by molar-refractivity contribution is 5.50. The molecule has 0 aromatic heterocycles. The number of aliphatic hydroxyl groups excluding tert-OH is 2. The Balaban J connectivity index is 3.02. The van der Waals surface area contributed by atoms with Crippen LogP contribution in [0.2, 0.25) is 0 Å². The maximum Gasteiger partial charge on any atom is 0.106 e. The van der Waals surface area contributed by atoms with Gasteiger partial charge in [0.25, 0.3) is 0 Å². The predicted molar refractivity (Wildman–Crippen MR) is 60.5 cm³/mol. The van der Waals surface area contributed by atoms with E-state index >= 15 is 0 Å². The van der Waals surface area contributed by atoms with Gasteiger partial charge in [0.15, 0.2) is 0 Å². The standard InChI is InChI=1S/C10H11N5O2/c11-4-6-1-2-7(12)3-8(6)10(17)9(16)5-14-15-13/h1-3,9-10,16-17H,5,12H2. The molecule has 7 nitrogen and oxygen atoms in total. The molecule has 1 rings (SSSR count). The molecule has 0 spiro atoms. The van der Waals surface area contributed by atoms with Crippen LogP contribution in [0, 0.1) is 11.3 Å². The molecule has 17 heavy (non-hydrogen) atoms. The van der Waals surface area contributed by atoms with Gasteiger partial charge in [0.05, 0.1) is 24.3 Å². The molecule has 0 saturated carbocycles. The van der Waals surface area contributed by atoms with Crippen LogP contribution in [0.3, 0.4) is 0 Å². The Bertz CT molecular complexity index is 490. The second kappa shape index (κ2) is 5.72. The monoisotopic (exact) mass is 233 g/mol. The number of benzene rings is 1. The molecule has 1 aromatic rings. The number of aliphatic hydroxyl groups is 2. The van der Waals surface area contributed by atoms with E-state index in [1.54, 1.807) is 0 Å². The van der Waals surface area contributed by atoms with Crippen LogP contribution in [-0.4, -0.2) is 22.9 Å². The molecule has 0 heterocycles. The summed E-state index contributed by atoms with van der Waals surface area (Å²) in [5.74, 6) is 0. The minimum Gasteiger partial charge on any atom is -0.399 e. The van der Waals surface area contributed by atoms with Crippen molar-refractivity contribution in [2.24, 2.45) is 5.11 Å². The van der Waals surface area contributed by atoms with E-state index in [4.69, 9.17) is 16.5 Å². The van der Waals surface area contributed by atoms with Crippen molar-refractivity contribution in [1.29, 1.82) is 5.26 Å². The van der Waals surface area contributed by atoms with Crippen LogP contribution in [0.15, 0.2) is 23.3 Å². The minimum absolute atomic E-state index is 0.215. The first-order chi connectivity index (χ1) is 8.10. The van der Waals surface area contributed by atoms with Gasteiger partial charge in [-0.3, -0.25) is 0 Å². The van der Waals surface area contributed by atoms with Gasteiger partial charge in [-0.1, -0.05) is 5.11 Å². The van der Waals surface area contributed by atoms with Gasteiger partial charge in [-0.15, -0.1) is 0 Å². The fourth-order valence-corrected chi connectivity index (χ4v) is 1.36. The van der Waals surface area contributed by atoms with Crippen LogP contribution in [-0.2, 0) is 0 Å². The SMILES string of the molecule is N#Cc1ccc(N)cc1C(O)C(O)CN=[N+]=[N-]. The molecule has 1 aromatic carbocycles. The highest BCUT2D eigenvalue weighted by Crippen LogP contribution is 2.23. The third-order valence-corrected chi connectivity index (χ3v) is 2.21. The second-order valence-corrected chi connectivity index (χ2v) is 3.38. The number of nitriles is 1. The number of nitrogens with two attached hydrogens (primary N) is 1. The van der Waals surface area contributed by atoms with E-state index in [2.05, 4.69) is 10.0 Å². The molecule has 0 fully saturated rings. The molecule has 0 bridgehead atoms. The topological polar surface area (TPSA) is 139 Å². The van der Waals surface area contributed by atoms with Crippen molar-refractivity contribution in [3.05, 3.63) is 39.8 Å². The summed E-state index contributed by atoms with van der Waals surface area (Å²) in [6.45, 7) is -0.280. The van der Waals surface area contributed by atoms with Crippen LogP contribution in [0.1, 0.15) is 17.2 Å². The van der Waals surface area contributed by atoms with Crippen LogP contribution >= 0.6 is 0 Å². The second-order valence-electron chi connectivity index (χ2n) is 3.38. The van der Waals surface area contributed by atoms with Gasteiger partial charge < -0.3 is 15.9 Å². The lowest BCUT2D eigenvalue weighted by Crippen LogP contribution is -2.22. The van der Waals surface area contributed by atoms with Crippen LogP contribution in [0.4, 0.5) is 5.69 Å². The summed E-state index contributed by atoms with van der Waals surface area (Å²) in [7, 11) is 0. The van der Waals surface area contributed by atoms with Crippen molar-refractivity contribution in [2.45, 2.75) is 12.2 Å². The molecule has 0 amide bonds. The smallest absolute Gasteiger partial charge is 0.106 e. The number of rotatable bonds is 4. The van der Waals surface area contributed by atoms with Crippen LogP contribution in [0.25, 0.3) is 10.4 Å². The van der Waals surface area contributed by atoms with Crippen molar-refractivity contribution in [2.75, 3.05) is 12.3 Å².